The zero-order valence-corrected chi connectivity index (χ0v) is 17.6. The van der Waals surface area contributed by atoms with Crippen LogP contribution in [0.1, 0.15) is 27.7 Å². The van der Waals surface area contributed by atoms with Gasteiger partial charge in [0.15, 0.2) is 16.5 Å². The van der Waals surface area contributed by atoms with Crippen LogP contribution in [0.3, 0.4) is 0 Å². The van der Waals surface area contributed by atoms with Gasteiger partial charge in [-0.2, -0.15) is 0 Å². The first-order valence-corrected chi connectivity index (χ1v) is 11.3. The Hall–Kier alpha value is -3.13. The average Bonchev–Trinajstić information content (AvgIpc) is 3.26. The zero-order valence-electron chi connectivity index (χ0n) is 16.8. The van der Waals surface area contributed by atoms with Crippen LogP contribution in [0.15, 0.2) is 42.5 Å². The predicted molar refractivity (Wildman–Crippen MR) is 116 cm³/mol. The summed E-state index contributed by atoms with van der Waals surface area (Å²) in [5.74, 6) is 1.93. The number of fused-ring (bicyclic) bond motifs is 2. The van der Waals surface area contributed by atoms with E-state index in [1.165, 1.54) is 11.3 Å². The van der Waals surface area contributed by atoms with E-state index in [4.69, 9.17) is 9.47 Å². The van der Waals surface area contributed by atoms with Crippen LogP contribution in [0.25, 0.3) is 10.2 Å². The van der Waals surface area contributed by atoms with Crippen molar-refractivity contribution in [2.24, 2.45) is 5.92 Å². The van der Waals surface area contributed by atoms with Crippen molar-refractivity contribution in [3.63, 3.8) is 0 Å². The molecule has 2 fully saturated rings. The fraction of sp³-hybridized carbons (Fsp3) is 0.348. The molecule has 1 aromatic heterocycles. The van der Waals surface area contributed by atoms with E-state index >= 15 is 0 Å². The molecule has 1 saturated carbocycles. The Morgan fingerprint density at radius 2 is 1.74 bits per heavy atom. The fourth-order valence-electron chi connectivity index (χ4n) is 4.44. The molecule has 2 aromatic carbocycles. The molecule has 8 heteroatoms. The zero-order chi connectivity index (χ0) is 20.9. The molecule has 0 N–H and O–H groups in total. The molecule has 3 heterocycles. The standard InChI is InChI=1S/C23H21N3O4S/c27-22(16-12-15(16)14-5-6-18-19(11-14)30-13-29-18)25-7-9-26(10-8-25)23(28)21-24-17-3-1-2-4-20(17)31-21/h1-6,11,15-16H,7-10,12-13H2. The van der Waals surface area contributed by atoms with Crippen LogP contribution < -0.4 is 9.47 Å². The van der Waals surface area contributed by atoms with Gasteiger partial charge in [0.2, 0.25) is 12.7 Å². The molecule has 3 aliphatic rings. The number of piperazine rings is 1. The van der Waals surface area contributed by atoms with Crippen molar-refractivity contribution in [3.05, 3.63) is 53.0 Å². The van der Waals surface area contributed by atoms with Crippen LogP contribution in [0.2, 0.25) is 0 Å². The van der Waals surface area contributed by atoms with E-state index in [9.17, 15) is 9.59 Å². The second-order valence-corrected chi connectivity index (χ2v) is 9.20. The van der Waals surface area contributed by atoms with Gasteiger partial charge in [-0.1, -0.05) is 18.2 Å². The third-order valence-electron chi connectivity index (χ3n) is 6.29. The van der Waals surface area contributed by atoms with Crippen LogP contribution in [0.5, 0.6) is 11.5 Å². The molecule has 0 spiro atoms. The van der Waals surface area contributed by atoms with Gasteiger partial charge >= 0.3 is 0 Å². The highest BCUT2D eigenvalue weighted by molar-refractivity contribution is 7.20. The topological polar surface area (TPSA) is 72.0 Å². The monoisotopic (exact) mass is 435 g/mol. The summed E-state index contributed by atoms with van der Waals surface area (Å²) in [6, 6.07) is 13.7. The molecule has 1 saturated heterocycles. The number of para-hydroxylation sites is 1. The number of nitrogens with zero attached hydrogens (tertiary/aromatic N) is 3. The van der Waals surface area contributed by atoms with Crippen molar-refractivity contribution in [2.75, 3.05) is 33.0 Å². The second kappa shape index (κ2) is 7.23. The number of benzene rings is 2. The summed E-state index contributed by atoms with van der Waals surface area (Å²) in [5.41, 5.74) is 1.99. The smallest absolute Gasteiger partial charge is 0.282 e. The Bertz CT molecular complexity index is 1150. The molecule has 158 valence electrons. The van der Waals surface area contributed by atoms with Crippen LogP contribution >= 0.6 is 11.3 Å². The molecule has 6 rings (SSSR count). The number of rotatable bonds is 3. The highest BCUT2D eigenvalue weighted by Gasteiger charge is 2.46. The Labute approximate surface area is 183 Å². The maximum absolute atomic E-state index is 13.0. The quantitative estimate of drug-likeness (QED) is 0.632. The number of carbonyl (C=O) groups is 2. The van der Waals surface area contributed by atoms with E-state index < -0.39 is 0 Å². The maximum Gasteiger partial charge on any atom is 0.282 e. The van der Waals surface area contributed by atoms with Crippen molar-refractivity contribution in [1.29, 1.82) is 0 Å². The minimum Gasteiger partial charge on any atom is -0.454 e. The van der Waals surface area contributed by atoms with E-state index in [0.29, 0.717) is 31.2 Å². The van der Waals surface area contributed by atoms with Crippen molar-refractivity contribution >= 4 is 33.4 Å². The number of aromatic nitrogens is 1. The Morgan fingerprint density at radius 3 is 2.58 bits per heavy atom. The summed E-state index contributed by atoms with van der Waals surface area (Å²) in [6.07, 6.45) is 0.864. The van der Waals surface area contributed by atoms with Crippen LogP contribution in [-0.4, -0.2) is 59.6 Å². The summed E-state index contributed by atoms with van der Waals surface area (Å²) in [5, 5.41) is 0.519. The van der Waals surface area contributed by atoms with Crippen LogP contribution in [0.4, 0.5) is 0 Å². The number of amides is 2. The largest absolute Gasteiger partial charge is 0.454 e. The van der Waals surface area contributed by atoms with Crippen molar-refractivity contribution < 1.29 is 19.1 Å². The fourth-order valence-corrected chi connectivity index (χ4v) is 5.38. The third kappa shape index (κ3) is 3.31. The van der Waals surface area contributed by atoms with Gasteiger partial charge in [-0.15, -0.1) is 11.3 Å². The predicted octanol–water partition coefficient (Wildman–Crippen LogP) is 3.11. The SMILES string of the molecule is O=C(c1nc2ccccc2s1)N1CCN(C(=O)C2CC2c2ccc3c(c2)OCO3)CC1. The van der Waals surface area contributed by atoms with Gasteiger partial charge in [0.1, 0.15) is 0 Å². The molecular formula is C23H21N3O4S. The first kappa shape index (κ1) is 18.6. The summed E-state index contributed by atoms with van der Waals surface area (Å²) >= 11 is 1.43. The average molecular weight is 436 g/mol. The summed E-state index contributed by atoms with van der Waals surface area (Å²) in [4.78, 5) is 34.1. The Kier molecular flexibility index (Phi) is 4.34. The lowest BCUT2D eigenvalue weighted by Gasteiger charge is -2.34. The lowest BCUT2D eigenvalue weighted by molar-refractivity contribution is -0.134. The third-order valence-corrected chi connectivity index (χ3v) is 7.31. The number of thiazole rings is 1. The van der Waals surface area contributed by atoms with E-state index in [2.05, 4.69) is 4.98 Å². The maximum atomic E-state index is 13.0. The van der Waals surface area contributed by atoms with Gasteiger partial charge in [0.25, 0.3) is 5.91 Å². The molecule has 7 nitrogen and oxygen atoms in total. The van der Waals surface area contributed by atoms with Gasteiger partial charge in [-0.05, 0) is 42.2 Å². The molecule has 2 unspecified atom stereocenters. The van der Waals surface area contributed by atoms with E-state index in [0.717, 1.165) is 33.7 Å². The van der Waals surface area contributed by atoms with Gasteiger partial charge in [0.05, 0.1) is 10.2 Å². The van der Waals surface area contributed by atoms with Crippen LogP contribution in [0, 0.1) is 5.92 Å². The molecule has 31 heavy (non-hydrogen) atoms. The number of carbonyl (C=O) groups excluding carboxylic acids is 2. The molecule has 0 bridgehead atoms. The molecule has 1 aliphatic carbocycles. The molecular weight excluding hydrogens is 414 g/mol. The highest BCUT2D eigenvalue weighted by atomic mass is 32.1. The molecule has 2 amide bonds. The van der Waals surface area contributed by atoms with Gasteiger partial charge in [0, 0.05) is 32.1 Å². The second-order valence-electron chi connectivity index (χ2n) is 8.17. The Morgan fingerprint density at radius 1 is 0.968 bits per heavy atom. The molecule has 3 aromatic rings. The normalized spacial score (nSPS) is 22.1. The number of hydrogen-bond donors (Lipinski definition) is 0. The van der Waals surface area contributed by atoms with Crippen LogP contribution in [-0.2, 0) is 4.79 Å². The molecule has 0 radical (unpaired) electrons. The summed E-state index contributed by atoms with van der Waals surface area (Å²) in [7, 11) is 0. The van der Waals surface area contributed by atoms with Crippen molar-refractivity contribution in [2.45, 2.75) is 12.3 Å². The Balaban J connectivity index is 1.07. The van der Waals surface area contributed by atoms with E-state index in [-0.39, 0.29) is 30.4 Å². The lowest BCUT2D eigenvalue weighted by atomic mass is 10.1. The van der Waals surface area contributed by atoms with E-state index in [1.54, 1.807) is 0 Å². The summed E-state index contributed by atoms with van der Waals surface area (Å²) in [6.45, 7) is 2.48. The number of hydrogen-bond acceptors (Lipinski definition) is 6. The first-order chi connectivity index (χ1) is 15.2. The highest BCUT2D eigenvalue weighted by Crippen LogP contribution is 2.50. The first-order valence-electron chi connectivity index (χ1n) is 10.5. The minimum atomic E-state index is -0.0436. The van der Waals surface area contributed by atoms with Gasteiger partial charge in [-0.25, -0.2) is 4.98 Å². The molecule has 2 atom stereocenters. The van der Waals surface area contributed by atoms with Gasteiger partial charge < -0.3 is 19.3 Å². The lowest BCUT2D eigenvalue weighted by Crippen LogP contribution is -2.51. The van der Waals surface area contributed by atoms with Crippen molar-refractivity contribution in [1.82, 2.24) is 14.8 Å². The van der Waals surface area contributed by atoms with Crippen molar-refractivity contribution in [3.8, 4) is 11.5 Å². The summed E-state index contributed by atoms with van der Waals surface area (Å²) < 4.78 is 11.8. The number of ether oxygens (including phenoxy) is 2. The molecule has 2 aliphatic heterocycles. The minimum absolute atomic E-state index is 0.0203. The van der Waals surface area contributed by atoms with E-state index in [1.807, 2.05) is 52.3 Å². The van der Waals surface area contributed by atoms with Gasteiger partial charge in [-0.3, -0.25) is 9.59 Å².